The molecule has 3 rings (SSSR count). The molecular formula is C19H24N2O2S. The predicted octanol–water partition coefficient (Wildman–Crippen LogP) is 2.22. The minimum atomic E-state index is -0.527. The van der Waals surface area contributed by atoms with Gasteiger partial charge < -0.3 is 10.4 Å². The first-order valence-electron chi connectivity index (χ1n) is 8.45. The van der Waals surface area contributed by atoms with E-state index in [1.54, 1.807) is 11.3 Å². The molecule has 1 atom stereocenters. The van der Waals surface area contributed by atoms with Gasteiger partial charge in [-0.15, -0.1) is 0 Å². The first-order chi connectivity index (χ1) is 11.7. The lowest BCUT2D eigenvalue weighted by Gasteiger charge is -2.30. The Labute approximate surface area is 147 Å². The zero-order chi connectivity index (χ0) is 16.8. The Kier molecular flexibility index (Phi) is 6.01. The molecule has 0 fully saturated rings. The number of fused-ring (bicyclic) bond motifs is 1. The molecule has 0 radical (unpaired) electrons. The van der Waals surface area contributed by atoms with E-state index in [-0.39, 0.29) is 5.91 Å². The fraction of sp³-hybridized carbons (Fsp3) is 0.421. The summed E-state index contributed by atoms with van der Waals surface area (Å²) in [5, 5.41) is 17.1. The molecule has 1 amide bonds. The van der Waals surface area contributed by atoms with Crippen LogP contribution in [0.1, 0.15) is 23.1 Å². The molecule has 1 aromatic heterocycles. The molecule has 1 aliphatic heterocycles. The van der Waals surface area contributed by atoms with Gasteiger partial charge in [-0.3, -0.25) is 9.69 Å². The van der Waals surface area contributed by atoms with Gasteiger partial charge in [0.15, 0.2) is 0 Å². The van der Waals surface area contributed by atoms with Gasteiger partial charge in [0.2, 0.25) is 5.91 Å². The summed E-state index contributed by atoms with van der Waals surface area (Å²) >= 11 is 1.65. The van der Waals surface area contributed by atoms with Crippen molar-refractivity contribution in [2.45, 2.75) is 31.9 Å². The van der Waals surface area contributed by atoms with Gasteiger partial charge in [-0.05, 0) is 46.4 Å². The average molecular weight is 344 g/mol. The molecule has 0 saturated heterocycles. The van der Waals surface area contributed by atoms with E-state index < -0.39 is 6.10 Å². The molecule has 2 aromatic rings. The highest BCUT2D eigenvalue weighted by Gasteiger charge is 2.18. The number of hydrogen-bond donors (Lipinski definition) is 2. The van der Waals surface area contributed by atoms with Crippen molar-refractivity contribution in [3.63, 3.8) is 0 Å². The summed E-state index contributed by atoms with van der Waals surface area (Å²) < 4.78 is 0. The number of hydrogen-bond acceptors (Lipinski definition) is 4. The summed E-state index contributed by atoms with van der Waals surface area (Å²) in [4.78, 5) is 14.1. The van der Waals surface area contributed by atoms with Crippen molar-refractivity contribution in [2.75, 3.05) is 19.6 Å². The molecule has 0 saturated carbocycles. The number of thiophene rings is 1. The maximum atomic E-state index is 11.9. The maximum Gasteiger partial charge on any atom is 0.220 e. The Hall–Kier alpha value is -1.69. The third-order valence-corrected chi connectivity index (χ3v) is 5.17. The number of amides is 1. The van der Waals surface area contributed by atoms with Crippen molar-refractivity contribution in [1.82, 2.24) is 10.2 Å². The third-order valence-electron chi connectivity index (χ3n) is 4.43. The zero-order valence-corrected chi connectivity index (χ0v) is 14.6. The van der Waals surface area contributed by atoms with Crippen molar-refractivity contribution >= 4 is 17.2 Å². The summed E-state index contributed by atoms with van der Waals surface area (Å²) in [6, 6.07) is 10.5. The van der Waals surface area contributed by atoms with Crippen LogP contribution in [0.25, 0.3) is 0 Å². The molecule has 4 nitrogen and oxygen atoms in total. The molecule has 0 aliphatic carbocycles. The fourth-order valence-electron chi connectivity index (χ4n) is 3.09. The Bertz CT molecular complexity index is 657. The highest BCUT2D eigenvalue weighted by Crippen LogP contribution is 2.18. The monoisotopic (exact) mass is 344 g/mol. The standard InChI is InChI=1S/C19H24N2O2S/c22-18(11-20-19(23)6-5-15-8-10-24-14-15)13-21-9-7-16-3-1-2-4-17(16)12-21/h1-4,8,10,14,18,22H,5-7,9,11-13H2,(H,20,23)/t18-/m0/s1. The summed E-state index contributed by atoms with van der Waals surface area (Å²) in [6.45, 7) is 2.75. The molecule has 0 bridgehead atoms. The summed E-state index contributed by atoms with van der Waals surface area (Å²) in [5.74, 6) is 0.00393. The second-order valence-electron chi connectivity index (χ2n) is 6.34. The zero-order valence-electron chi connectivity index (χ0n) is 13.8. The molecule has 1 aromatic carbocycles. The van der Waals surface area contributed by atoms with Gasteiger partial charge in [-0.1, -0.05) is 24.3 Å². The van der Waals surface area contributed by atoms with Gasteiger partial charge in [0.05, 0.1) is 6.10 Å². The van der Waals surface area contributed by atoms with Crippen molar-refractivity contribution < 1.29 is 9.90 Å². The Morgan fingerprint density at radius 3 is 2.92 bits per heavy atom. The van der Waals surface area contributed by atoms with E-state index in [2.05, 4.69) is 39.9 Å². The minimum Gasteiger partial charge on any atom is -0.390 e. The molecule has 2 heterocycles. The molecular weight excluding hydrogens is 320 g/mol. The molecule has 1 aliphatic rings. The van der Waals surface area contributed by atoms with Crippen LogP contribution in [0.2, 0.25) is 0 Å². The summed E-state index contributed by atoms with van der Waals surface area (Å²) in [6.07, 6.45) is 1.73. The van der Waals surface area contributed by atoms with Crippen LogP contribution in [-0.4, -0.2) is 41.7 Å². The van der Waals surface area contributed by atoms with Crippen molar-refractivity contribution in [3.05, 3.63) is 57.8 Å². The van der Waals surface area contributed by atoms with Crippen molar-refractivity contribution in [1.29, 1.82) is 0 Å². The van der Waals surface area contributed by atoms with Gasteiger partial charge in [-0.2, -0.15) is 11.3 Å². The normalized spacial score (nSPS) is 15.7. The lowest BCUT2D eigenvalue weighted by atomic mass is 10.00. The number of carbonyl (C=O) groups is 1. The second kappa shape index (κ2) is 8.42. The van der Waals surface area contributed by atoms with Gasteiger partial charge in [0.25, 0.3) is 0 Å². The van der Waals surface area contributed by atoms with Crippen LogP contribution in [0.5, 0.6) is 0 Å². The molecule has 0 unspecified atom stereocenters. The van der Waals surface area contributed by atoms with Crippen LogP contribution in [0.15, 0.2) is 41.1 Å². The highest BCUT2D eigenvalue weighted by atomic mass is 32.1. The number of aliphatic hydroxyl groups excluding tert-OH is 1. The second-order valence-corrected chi connectivity index (χ2v) is 7.12. The third kappa shape index (κ3) is 4.90. The molecule has 0 spiro atoms. The van der Waals surface area contributed by atoms with E-state index in [1.165, 1.54) is 16.7 Å². The van der Waals surface area contributed by atoms with E-state index >= 15 is 0 Å². The van der Waals surface area contributed by atoms with Crippen molar-refractivity contribution in [3.8, 4) is 0 Å². The van der Waals surface area contributed by atoms with Crippen LogP contribution >= 0.6 is 11.3 Å². The lowest BCUT2D eigenvalue weighted by molar-refractivity contribution is -0.121. The lowest BCUT2D eigenvalue weighted by Crippen LogP contribution is -2.42. The fourth-order valence-corrected chi connectivity index (χ4v) is 3.79. The SMILES string of the molecule is O=C(CCc1ccsc1)NC[C@H](O)CN1CCc2ccccc2C1. The number of aliphatic hydroxyl groups is 1. The van der Waals surface area contributed by atoms with Gasteiger partial charge in [0, 0.05) is 32.6 Å². The average Bonchev–Trinajstić information content (AvgIpc) is 3.11. The van der Waals surface area contributed by atoms with Crippen LogP contribution < -0.4 is 5.32 Å². The summed E-state index contributed by atoms with van der Waals surface area (Å²) in [7, 11) is 0. The maximum absolute atomic E-state index is 11.9. The van der Waals surface area contributed by atoms with Gasteiger partial charge >= 0.3 is 0 Å². The quantitative estimate of drug-likeness (QED) is 0.810. The number of nitrogens with one attached hydrogen (secondary N) is 1. The van der Waals surface area contributed by atoms with E-state index in [1.807, 2.05) is 11.4 Å². The van der Waals surface area contributed by atoms with Crippen molar-refractivity contribution in [2.24, 2.45) is 0 Å². The number of carbonyl (C=O) groups excluding carboxylic acids is 1. The Morgan fingerprint density at radius 1 is 1.29 bits per heavy atom. The van der Waals surface area contributed by atoms with E-state index in [4.69, 9.17) is 0 Å². The van der Waals surface area contributed by atoms with E-state index in [0.717, 1.165) is 25.9 Å². The predicted molar refractivity (Wildman–Crippen MR) is 97.1 cm³/mol. The first kappa shape index (κ1) is 17.1. The van der Waals surface area contributed by atoms with Crippen LogP contribution in [0.4, 0.5) is 0 Å². The molecule has 24 heavy (non-hydrogen) atoms. The smallest absolute Gasteiger partial charge is 0.220 e. The van der Waals surface area contributed by atoms with E-state index in [9.17, 15) is 9.90 Å². The van der Waals surface area contributed by atoms with E-state index in [0.29, 0.717) is 19.5 Å². The Morgan fingerprint density at radius 2 is 2.12 bits per heavy atom. The first-order valence-corrected chi connectivity index (χ1v) is 9.40. The molecule has 5 heteroatoms. The highest BCUT2D eigenvalue weighted by molar-refractivity contribution is 7.07. The number of β-amino-alcohol motifs (C(OH)–C–C–N with tert-alkyl or cyclic N) is 1. The van der Waals surface area contributed by atoms with Gasteiger partial charge in [-0.25, -0.2) is 0 Å². The van der Waals surface area contributed by atoms with Crippen LogP contribution in [0, 0.1) is 0 Å². The topological polar surface area (TPSA) is 52.6 Å². The molecule has 2 N–H and O–H groups in total. The number of nitrogens with zero attached hydrogens (tertiary/aromatic N) is 1. The number of aryl methyl sites for hydroxylation is 1. The molecule has 128 valence electrons. The van der Waals surface area contributed by atoms with Gasteiger partial charge in [0.1, 0.15) is 0 Å². The Balaban J connectivity index is 1.37. The number of rotatable bonds is 7. The number of benzene rings is 1. The largest absolute Gasteiger partial charge is 0.390 e. The summed E-state index contributed by atoms with van der Waals surface area (Å²) in [5.41, 5.74) is 3.95. The minimum absolute atomic E-state index is 0.00393. The van der Waals surface area contributed by atoms with Crippen LogP contribution in [0.3, 0.4) is 0 Å². The van der Waals surface area contributed by atoms with Crippen LogP contribution in [-0.2, 0) is 24.2 Å².